The molecule has 1 aromatic rings. The lowest BCUT2D eigenvalue weighted by Gasteiger charge is -2.29. The summed E-state index contributed by atoms with van der Waals surface area (Å²) in [6.45, 7) is 6.51. The molecule has 1 aliphatic rings. The molecule has 0 atom stereocenters. The van der Waals surface area contributed by atoms with Crippen LogP contribution in [-0.2, 0) is 10.2 Å². The normalized spacial score (nSPS) is 16.4. The lowest BCUT2D eigenvalue weighted by molar-refractivity contribution is -0.118. The number of amides is 1. The van der Waals surface area contributed by atoms with Gasteiger partial charge in [-0.15, -0.1) is 0 Å². The van der Waals surface area contributed by atoms with Crippen molar-refractivity contribution in [3.8, 4) is 0 Å². The fourth-order valence-corrected chi connectivity index (χ4v) is 2.12. The van der Waals surface area contributed by atoms with E-state index in [9.17, 15) is 4.79 Å². The minimum absolute atomic E-state index is 0.0438. The maximum atomic E-state index is 11.9. The first-order valence-electron chi connectivity index (χ1n) is 6.08. The van der Waals surface area contributed by atoms with Crippen LogP contribution in [0, 0.1) is 0 Å². The van der Waals surface area contributed by atoms with Gasteiger partial charge in [0.15, 0.2) is 0 Å². The third-order valence-corrected chi connectivity index (χ3v) is 3.02. The molecule has 0 saturated carbocycles. The number of carbonyl (C=O) groups excluding carboxylic acids is 1. The van der Waals surface area contributed by atoms with Gasteiger partial charge in [-0.25, -0.2) is 0 Å². The summed E-state index contributed by atoms with van der Waals surface area (Å²) >= 11 is 0. The van der Waals surface area contributed by atoms with E-state index in [2.05, 4.69) is 32.9 Å². The SMILES string of the molecule is CC(C)(C)c1ccccc1N1C=CCCC1=O. The van der Waals surface area contributed by atoms with Crippen LogP contribution in [0.1, 0.15) is 39.2 Å². The fraction of sp³-hybridized carbons (Fsp3) is 0.400. The Balaban J connectivity index is 2.48. The number of rotatable bonds is 1. The van der Waals surface area contributed by atoms with Gasteiger partial charge in [0, 0.05) is 12.6 Å². The van der Waals surface area contributed by atoms with Crippen molar-refractivity contribution in [1.29, 1.82) is 0 Å². The molecule has 2 nitrogen and oxygen atoms in total. The maximum Gasteiger partial charge on any atom is 0.231 e. The molecule has 0 N–H and O–H groups in total. The van der Waals surface area contributed by atoms with Gasteiger partial charge in [-0.3, -0.25) is 9.69 Å². The molecule has 1 heterocycles. The second-order valence-corrected chi connectivity index (χ2v) is 5.45. The van der Waals surface area contributed by atoms with Crippen LogP contribution in [0.3, 0.4) is 0 Å². The Morgan fingerprint density at radius 1 is 1.18 bits per heavy atom. The van der Waals surface area contributed by atoms with E-state index < -0.39 is 0 Å². The van der Waals surface area contributed by atoms with Gasteiger partial charge in [-0.2, -0.15) is 0 Å². The minimum atomic E-state index is 0.0438. The molecule has 1 amide bonds. The van der Waals surface area contributed by atoms with Crippen LogP contribution in [-0.4, -0.2) is 5.91 Å². The highest BCUT2D eigenvalue weighted by Crippen LogP contribution is 2.33. The topological polar surface area (TPSA) is 20.3 Å². The molecule has 0 fully saturated rings. The summed E-state index contributed by atoms with van der Waals surface area (Å²) < 4.78 is 0. The summed E-state index contributed by atoms with van der Waals surface area (Å²) in [7, 11) is 0. The van der Waals surface area contributed by atoms with E-state index in [0.717, 1.165) is 12.1 Å². The van der Waals surface area contributed by atoms with Crippen LogP contribution in [0.2, 0.25) is 0 Å². The number of carbonyl (C=O) groups is 1. The number of allylic oxidation sites excluding steroid dienone is 1. The molecular weight excluding hydrogens is 210 g/mol. The average molecular weight is 229 g/mol. The van der Waals surface area contributed by atoms with Gasteiger partial charge in [-0.1, -0.05) is 45.0 Å². The van der Waals surface area contributed by atoms with Crippen LogP contribution in [0.5, 0.6) is 0 Å². The summed E-state index contributed by atoms with van der Waals surface area (Å²) in [5.41, 5.74) is 2.27. The predicted molar refractivity (Wildman–Crippen MR) is 71.0 cm³/mol. The highest BCUT2D eigenvalue weighted by atomic mass is 16.2. The summed E-state index contributed by atoms with van der Waals surface area (Å²) in [6, 6.07) is 8.14. The highest BCUT2D eigenvalue weighted by molar-refractivity contribution is 5.97. The first kappa shape index (κ1) is 11.9. The molecule has 90 valence electrons. The molecule has 0 radical (unpaired) electrons. The van der Waals surface area contributed by atoms with E-state index >= 15 is 0 Å². The molecule has 1 aromatic carbocycles. The van der Waals surface area contributed by atoms with Gasteiger partial charge in [0.2, 0.25) is 5.91 Å². The smallest absolute Gasteiger partial charge is 0.231 e. The Morgan fingerprint density at radius 2 is 1.88 bits per heavy atom. The van der Waals surface area contributed by atoms with E-state index in [-0.39, 0.29) is 11.3 Å². The first-order chi connectivity index (χ1) is 8.00. The van der Waals surface area contributed by atoms with Crippen molar-refractivity contribution in [2.45, 2.75) is 39.0 Å². The molecule has 2 heteroatoms. The molecule has 2 rings (SSSR count). The lowest BCUT2D eigenvalue weighted by Crippen LogP contribution is -2.29. The van der Waals surface area contributed by atoms with Crippen molar-refractivity contribution in [3.05, 3.63) is 42.1 Å². The number of nitrogens with zero attached hydrogens (tertiary/aromatic N) is 1. The van der Waals surface area contributed by atoms with E-state index in [1.807, 2.05) is 24.4 Å². The van der Waals surface area contributed by atoms with Crippen molar-refractivity contribution in [2.75, 3.05) is 4.90 Å². The second kappa shape index (κ2) is 4.36. The highest BCUT2D eigenvalue weighted by Gasteiger charge is 2.23. The van der Waals surface area contributed by atoms with Crippen molar-refractivity contribution < 1.29 is 4.79 Å². The summed E-state index contributed by atoms with van der Waals surface area (Å²) in [4.78, 5) is 13.7. The summed E-state index contributed by atoms with van der Waals surface area (Å²) in [5, 5.41) is 0. The van der Waals surface area contributed by atoms with Crippen LogP contribution < -0.4 is 4.90 Å². The maximum absolute atomic E-state index is 11.9. The molecule has 0 aliphatic carbocycles. The van der Waals surface area contributed by atoms with Gasteiger partial charge in [0.05, 0.1) is 5.69 Å². The Labute approximate surface area is 103 Å². The minimum Gasteiger partial charge on any atom is -0.288 e. The van der Waals surface area contributed by atoms with Crippen molar-refractivity contribution in [2.24, 2.45) is 0 Å². The largest absolute Gasteiger partial charge is 0.288 e. The van der Waals surface area contributed by atoms with Crippen molar-refractivity contribution in [1.82, 2.24) is 0 Å². The third kappa shape index (κ3) is 2.41. The van der Waals surface area contributed by atoms with E-state index in [1.54, 1.807) is 4.90 Å². The Morgan fingerprint density at radius 3 is 2.53 bits per heavy atom. The number of para-hydroxylation sites is 1. The van der Waals surface area contributed by atoms with E-state index in [4.69, 9.17) is 0 Å². The third-order valence-electron chi connectivity index (χ3n) is 3.02. The average Bonchev–Trinajstić information content (AvgIpc) is 2.28. The summed E-state index contributed by atoms with van der Waals surface area (Å²) in [6.07, 6.45) is 5.42. The summed E-state index contributed by atoms with van der Waals surface area (Å²) in [5.74, 6) is 0.184. The van der Waals surface area contributed by atoms with Crippen molar-refractivity contribution in [3.63, 3.8) is 0 Å². The molecular formula is C15H19NO. The predicted octanol–water partition coefficient (Wildman–Crippen LogP) is 3.62. The standard InChI is InChI=1S/C15H19NO/c1-15(2,3)12-8-4-5-9-13(12)16-11-7-6-10-14(16)17/h4-5,7-9,11H,6,10H2,1-3H3. The molecule has 0 unspecified atom stereocenters. The van der Waals surface area contributed by atoms with Crippen LogP contribution in [0.4, 0.5) is 5.69 Å². The van der Waals surface area contributed by atoms with Crippen LogP contribution >= 0.6 is 0 Å². The Bertz CT molecular complexity index is 454. The van der Waals surface area contributed by atoms with Gasteiger partial charge in [-0.05, 0) is 23.5 Å². The number of anilines is 1. The number of hydrogen-bond donors (Lipinski definition) is 0. The quantitative estimate of drug-likeness (QED) is 0.720. The molecule has 0 aromatic heterocycles. The Hall–Kier alpha value is -1.57. The number of benzene rings is 1. The van der Waals surface area contributed by atoms with E-state index in [1.165, 1.54) is 5.56 Å². The van der Waals surface area contributed by atoms with Gasteiger partial charge in [0.1, 0.15) is 0 Å². The van der Waals surface area contributed by atoms with Crippen LogP contribution in [0.25, 0.3) is 0 Å². The number of hydrogen-bond acceptors (Lipinski definition) is 1. The monoisotopic (exact) mass is 229 g/mol. The van der Waals surface area contributed by atoms with Crippen LogP contribution in [0.15, 0.2) is 36.5 Å². The van der Waals surface area contributed by atoms with Gasteiger partial charge < -0.3 is 0 Å². The van der Waals surface area contributed by atoms with Crippen molar-refractivity contribution >= 4 is 11.6 Å². The molecule has 17 heavy (non-hydrogen) atoms. The zero-order valence-corrected chi connectivity index (χ0v) is 10.7. The van der Waals surface area contributed by atoms with Gasteiger partial charge >= 0.3 is 0 Å². The molecule has 1 aliphatic heterocycles. The first-order valence-corrected chi connectivity index (χ1v) is 6.08. The lowest BCUT2D eigenvalue weighted by atomic mass is 9.85. The zero-order chi connectivity index (χ0) is 12.5. The molecule has 0 bridgehead atoms. The Kier molecular flexibility index (Phi) is 3.05. The molecule has 0 saturated heterocycles. The fourth-order valence-electron chi connectivity index (χ4n) is 2.12. The zero-order valence-electron chi connectivity index (χ0n) is 10.7. The molecule has 0 spiro atoms. The van der Waals surface area contributed by atoms with E-state index in [0.29, 0.717) is 6.42 Å². The second-order valence-electron chi connectivity index (χ2n) is 5.45. The van der Waals surface area contributed by atoms with Gasteiger partial charge in [0.25, 0.3) is 0 Å².